The lowest BCUT2D eigenvalue weighted by atomic mass is 9.87. The fourth-order valence-electron chi connectivity index (χ4n) is 2.13. The summed E-state index contributed by atoms with van der Waals surface area (Å²) in [4.78, 5) is 4.46. The average molecular weight is 300 g/mol. The molecule has 2 nitrogen and oxygen atoms in total. The van der Waals surface area contributed by atoms with Crippen molar-refractivity contribution in [2.24, 2.45) is 0 Å². The molecule has 0 aliphatic rings. The highest BCUT2D eigenvalue weighted by Gasteiger charge is 2.13. The third-order valence-corrected chi connectivity index (χ3v) is 4.29. The van der Waals surface area contributed by atoms with Crippen LogP contribution in [0.1, 0.15) is 26.3 Å². The molecule has 2 aromatic carbocycles. The van der Waals surface area contributed by atoms with E-state index >= 15 is 0 Å². The summed E-state index contributed by atoms with van der Waals surface area (Å²) in [5.41, 5.74) is 3.24. The van der Waals surface area contributed by atoms with Crippen LogP contribution < -0.4 is 5.32 Å². The highest BCUT2D eigenvalue weighted by molar-refractivity contribution is 7.22. The van der Waals surface area contributed by atoms with E-state index in [1.807, 2.05) is 12.1 Å². The zero-order valence-corrected chi connectivity index (χ0v) is 13.1. The topological polar surface area (TPSA) is 24.9 Å². The zero-order chi connectivity index (χ0) is 15.0. The first-order valence-corrected chi connectivity index (χ1v) is 7.67. The molecule has 1 aromatic heterocycles. The lowest BCUT2D eigenvalue weighted by molar-refractivity contribution is 0.590. The number of benzene rings is 2. The third kappa shape index (κ3) is 3.05. The van der Waals surface area contributed by atoms with Gasteiger partial charge in [0.25, 0.3) is 0 Å². The number of anilines is 2. The summed E-state index contributed by atoms with van der Waals surface area (Å²) in [6.07, 6.45) is 0. The maximum Gasteiger partial charge on any atom is 0.188 e. The SMILES string of the molecule is CC(C)(C)c1ccc(Nc2nc3ccc(F)cc3s2)cc1. The molecule has 108 valence electrons. The minimum absolute atomic E-state index is 0.145. The van der Waals surface area contributed by atoms with Crippen molar-refractivity contribution < 1.29 is 4.39 Å². The van der Waals surface area contributed by atoms with Crippen LogP contribution in [0.3, 0.4) is 0 Å². The normalized spacial score (nSPS) is 11.8. The van der Waals surface area contributed by atoms with Gasteiger partial charge in [-0.05, 0) is 41.3 Å². The van der Waals surface area contributed by atoms with Gasteiger partial charge in [-0.1, -0.05) is 44.2 Å². The van der Waals surface area contributed by atoms with Gasteiger partial charge in [0.15, 0.2) is 5.13 Å². The van der Waals surface area contributed by atoms with E-state index in [0.717, 1.165) is 21.0 Å². The van der Waals surface area contributed by atoms with Gasteiger partial charge in [0.2, 0.25) is 0 Å². The van der Waals surface area contributed by atoms with Crippen LogP contribution in [0.2, 0.25) is 0 Å². The van der Waals surface area contributed by atoms with Crippen LogP contribution in [-0.4, -0.2) is 4.98 Å². The Bertz CT molecular complexity index is 770. The molecular formula is C17H17FN2S. The fraction of sp³-hybridized carbons (Fsp3) is 0.235. The van der Waals surface area contributed by atoms with Crippen molar-refractivity contribution in [3.8, 4) is 0 Å². The molecule has 21 heavy (non-hydrogen) atoms. The zero-order valence-electron chi connectivity index (χ0n) is 12.3. The predicted octanol–water partition coefficient (Wildman–Crippen LogP) is 5.48. The quantitative estimate of drug-likeness (QED) is 0.678. The minimum atomic E-state index is -0.229. The predicted molar refractivity (Wildman–Crippen MR) is 88.0 cm³/mol. The van der Waals surface area contributed by atoms with Crippen LogP contribution in [0.25, 0.3) is 10.2 Å². The smallest absolute Gasteiger partial charge is 0.188 e. The maximum atomic E-state index is 13.2. The summed E-state index contributed by atoms with van der Waals surface area (Å²) in [7, 11) is 0. The van der Waals surface area contributed by atoms with Gasteiger partial charge in [0.1, 0.15) is 5.82 Å². The standard InChI is InChI=1S/C17H17FN2S/c1-17(2,3)11-4-7-13(8-5-11)19-16-20-14-9-6-12(18)10-15(14)21-16/h4-10H,1-3H3,(H,19,20). The van der Waals surface area contributed by atoms with Crippen LogP contribution in [0.5, 0.6) is 0 Å². The highest BCUT2D eigenvalue weighted by atomic mass is 32.1. The number of aromatic nitrogens is 1. The van der Waals surface area contributed by atoms with Crippen LogP contribution in [0.4, 0.5) is 15.2 Å². The van der Waals surface area contributed by atoms with Gasteiger partial charge in [0.05, 0.1) is 10.2 Å². The Labute approximate surface area is 127 Å². The van der Waals surface area contributed by atoms with Crippen LogP contribution in [-0.2, 0) is 5.41 Å². The lowest BCUT2D eigenvalue weighted by Crippen LogP contribution is -2.10. The number of hydrogen-bond donors (Lipinski definition) is 1. The first kappa shape index (κ1) is 14.0. The van der Waals surface area contributed by atoms with Crippen LogP contribution in [0, 0.1) is 5.82 Å². The third-order valence-electron chi connectivity index (χ3n) is 3.35. The van der Waals surface area contributed by atoms with Gasteiger partial charge < -0.3 is 5.32 Å². The monoisotopic (exact) mass is 300 g/mol. The van der Waals surface area contributed by atoms with E-state index in [4.69, 9.17) is 0 Å². The van der Waals surface area contributed by atoms with Crippen molar-refractivity contribution in [1.29, 1.82) is 0 Å². The number of nitrogens with one attached hydrogen (secondary N) is 1. The molecule has 0 atom stereocenters. The van der Waals surface area contributed by atoms with Crippen LogP contribution in [0.15, 0.2) is 42.5 Å². The first-order chi connectivity index (χ1) is 9.91. The second kappa shape index (κ2) is 5.11. The van der Waals surface area contributed by atoms with E-state index in [0.29, 0.717) is 0 Å². The van der Waals surface area contributed by atoms with Crippen molar-refractivity contribution in [1.82, 2.24) is 4.98 Å². The Morgan fingerprint density at radius 2 is 1.76 bits per heavy atom. The summed E-state index contributed by atoms with van der Waals surface area (Å²) in [6, 6.07) is 13.0. The highest BCUT2D eigenvalue weighted by Crippen LogP contribution is 2.30. The van der Waals surface area contributed by atoms with Gasteiger partial charge in [0, 0.05) is 5.69 Å². The van der Waals surface area contributed by atoms with E-state index in [2.05, 4.69) is 43.2 Å². The molecule has 3 aromatic rings. The van der Waals surface area contributed by atoms with Gasteiger partial charge >= 0.3 is 0 Å². The van der Waals surface area contributed by atoms with Gasteiger partial charge in [-0.15, -0.1) is 0 Å². The molecule has 0 aliphatic carbocycles. The number of thiazole rings is 1. The van der Waals surface area contributed by atoms with Crippen molar-refractivity contribution >= 4 is 32.4 Å². The van der Waals surface area contributed by atoms with Crippen molar-refractivity contribution in [2.75, 3.05) is 5.32 Å². The molecule has 0 saturated heterocycles. The van der Waals surface area contributed by atoms with Gasteiger partial charge in [-0.3, -0.25) is 0 Å². The molecule has 0 saturated carbocycles. The molecule has 1 heterocycles. The number of halogens is 1. The van der Waals surface area contributed by atoms with E-state index in [1.165, 1.54) is 29.0 Å². The van der Waals surface area contributed by atoms with E-state index in [-0.39, 0.29) is 11.2 Å². The van der Waals surface area contributed by atoms with Crippen LogP contribution >= 0.6 is 11.3 Å². The Hall–Kier alpha value is -1.94. The number of hydrogen-bond acceptors (Lipinski definition) is 3. The minimum Gasteiger partial charge on any atom is -0.332 e. The summed E-state index contributed by atoms with van der Waals surface area (Å²) < 4.78 is 14.0. The largest absolute Gasteiger partial charge is 0.332 e. The molecule has 1 N–H and O–H groups in total. The van der Waals surface area contributed by atoms with Crippen molar-refractivity contribution in [2.45, 2.75) is 26.2 Å². The lowest BCUT2D eigenvalue weighted by Gasteiger charge is -2.19. The van der Waals surface area contributed by atoms with Crippen molar-refractivity contribution in [3.63, 3.8) is 0 Å². The average Bonchev–Trinajstić information content (AvgIpc) is 2.79. The Balaban J connectivity index is 1.84. The van der Waals surface area contributed by atoms with E-state index in [1.54, 1.807) is 6.07 Å². The summed E-state index contributed by atoms with van der Waals surface area (Å²) >= 11 is 1.45. The molecule has 4 heteroatoms. The number of nitrogens with zero attached hydrogens (tertiary/aromatic N) is 1. The maximum absolute atomic E-state index is 13.2. The molecule has 0 unspecified atom stereocenters. The molecule has 0 fully saturated rings. The second-order valence-corrected chi connectivity index (χ2v) is 7.11. The van der Waals surface area contributed by atoms with Gasteiger partial charge in [-0.2, -0.15) is 0 Å². The molecule has 0 bridgehead atoms. The van der Waals surface area contributed by atoms with Gasteiger partial charge in [-0.25, -0.2) is 9.37 Å². The molecule has 0 amide bonds. The molecule has 0 aliphatic heterocycles. The first-order valence-electron chi connectivity index (χ1n) is 6.85. The fourth-order valence-corrected chi connectivity index (χ4v) is 3.04. The Morgan fingerprint density at radius 3 is 2.43 bits per heavy atom. The Morgan fingerprint density at radius 1 is 1.05 bits per heavy atom. The number of rotatable bonds is 2. The Kier molecular flexibility index (Phi) is 3.41. The summed E-state index contributed by atoms with van der Waals surface area (Å²) in [6.45, 7) is 6.58. The molecule has 3 rings (SSSR count). The van der Waals surface area contributed by atoms with E-state index in [9.17, 15) is 4.39 Å². The second-order valence-electron chi connectivity index (χ2n) is 6.08. The summed E-state index contributed by atoms with van der Waals surface area (Å²) in [5, 5.41) is 4.05. The number of fused-ring (bicyclic) bond motifs is 1. The molecule has 0 radical (unpaired) electrons. The molecule has 0 spiro atoms. The van der Waals surface area contributed by atoms with E-state index < -0.39 is 0 Å². The molecular weight excluding hydrogens is 283 g/mol. The summed E-state index contributed by atoms with van der Waals surface area (Å²) in [5.74, 6) is -0.229. The van der Waals surface area contributed by atoms with Crippen molar-refractivity contribution in [3.05, 3.63) is 53.8 Å².